The molecule has 0 bridgehead atoms. The number of pyridine rings is 1. The lowest BCUT2D eigenvalue weighted by atomic mass is 9.84. The Bertz CT molecular complexity index is 1150. The van der Waals surface area contributed by atoms with Crippen LogP contribution in [-0.2, 0) is 12.8 Å². The number of benzene rings is 3. The summed E-state index contributed by atoms with van der Waals surface area (Å²) in [6.07, 6.45) is 2.18. The molecule has 0 radical (unpaired) electrons. The molecule has 0 saturated carbocycles. The fourth-order valence-corrected chi connectivity index (χ4v) is 4.51. The Labute approximate surface area is 140 Å². The van der Waals surface area contributed by atoms with Gasteiger partial charge in [-0.15, -0.1) is 0 Å². The lowest BCUT2D eigenvalue weighted by Crippen LogP contribution is -2.07. The van der Waals surface area contributed by atoms with Gasteiger partial charge in [0.05, 0.1) is 11.2 Å². The molecule has 6 rings (SSSR count). The van der Waals surface area contributed by atoms with Crippen LogP contribution in [0.15, 0.2) is 66.7 Å². The highest BCUT2D eigenvalue weighted by molar-refractivity contribution is 6.16. The molecule has 112 valence electrons. The molecule has 1 nitrogen and oxygen atoms in total. The van der Waals surface area contributed by atoms with Crippen LogP contribution in [0.25, 0.3) is 44.4 Å². The molecule has 0 unspecified atom stereocenters. The van der Waals surface area contributed by atoms with Crippen molar-refractivity contribution in [2.45, 2.75) is 12.8 Å². The number of hydrogen-bond acceptors (Lipinski definition) is 1. The smallest absolute Gasteiger partial charge is 0.0750 e. The minimum atomic E-state index is 1.08. The van der Waals surface area contributed by atoms with E-state index in [-0.39, 0.29) is 0 Å². The minimum Gasteiger partial charge on any atom is -0.247 e. The van der Waals surface area contributed by atoms with E-state index in [4.69, 9.17) is 4.98 Å². The van der Waals surface area contributed by atoms with Gasteiger partial charge in [-0.2, -0.15) is 0 Å². The van der Waals surface area contributed by atoms with Crippen molar-refractivity contribution in [1.82, 2.24) is 4.98 Å². The quantitative estimate of drug-likeness (QED) is 0.360. The molecule has 2 aliphatic carbocycles. The third kappa shape index (κ3) is 1.43. The predicted molar refractivity (Wildman–Crippen MR) is 99.0 cm³/mol. The first kappa shape index (κ1) is 12.5. The molecule has 0 amide bonds. The Balaban J connectivity index is 1.82. The summed E-state index contributed by atoms with van der Waals surface area (Å²) in [6, 6.07) is 24.1. The maximum absolute atomic E-state index is 5.10. The number of aryl methyl sites for hydroxylation is 1. The summed E-state index contributed by atoms with van der Waals surface area (Å²) >= 11 is 0. The molecule has 24 heavy (non-hydrogen) atoms. The van der Waals surface area contributed by atoms with Crippen LogP contribution in [0, 0.1) is 0 Å². The first-order valence-electron chi connectivity index (χ1n) is 8.55. The van der Waals surface area contributed by atoms with Crippen molar-refractivity contribution in [3.05, 3.63) is 77.9 Å². The molecule has 0 saturated heterocycles. The highest BCUT2D eigenvalue weighted by Gasteiger charge is 2.29. The van der Waals surface area contributed by atoms with Crippen LogP contribution in [0.4, 0.5) is 0 Å². The van der Waals surface area contributed by atoms with E-state index in [1.54, 1.807) is 0 Å². The molecule has 0 spiro atoms. The van der Waals surface area contributed by atoms with E-state index in [0.29, 0.717) is 0 Å². The average molecular weight is 305 g/mol. The standard InChI is InChI=1S/C23H15N/c1-2-7-15-14(6-1)12-13-19-21-17-9-4-3-8-16(17)18-10-5-11-20(22(18)21)24-23(15)19/h1-11H,12-13H2. The fraction of sp³-hybridized carbons (Fsp3) is 0.0870. The highest BCUT2D eigenvalue weighted by atomic mass is 14.7. The van der Waals surface area contributed by atoms with E-state index in [1.807, 2.05) is 0 Å². The van der Waals surface area contributed by atoms with Gasteiger partial charge in [-0.05, 0) is 52.3 Å². The van der Waals surface area contributed by atoms with Gasteiger partial charge >= 0.3 is 0 Å². The van der Waals surface area contributed by atoms with Crippen molar-refractivity contribution in [2.75, 3.05) is 0 Å². The first-order chi connectivity index (χ1) is 11.9. The lowest BCUT2D eigenvalue weighted by Gasteiger charge is -2.22. The number of aromatic nitrogens is 1. The molecule has 0 N–H and O–H groups in total. The predicted octanol–water partition coefficient (Wildman–Crippen LogP) is 5.65. The van der Waals surface area contributed by atoms with Crippen molar-refractivity contribution in [1.29, 1.82) is 0 Å². The molecule has 1 aromatic heterocycles. The van der Waals surface area contributed by atoms with Crippen molar-refractivity contribution >= 4 is 10.9 Å². The maximum atomic E-state index is 5.10. The number of nitrogens with zero attached hydrogens (tertiary/aromatic N) is 1. The van der Waals surface area contributed by atoms with Crippen LogP contribution in [0.3, 0.4) is 0 Å². The Morgan fingerprint density at radius 3 is 2.29 bits per heavy atom. The van der Waals surface area contributed by atoms with E-state index in [0.717, 1.165) is 18.4 Å². The molecular formula is C23H15N. The normalized spacial score (nSPS) is 13.5. The summed E-state index contributed by atoms with van der Waals surface area (Å²) in [7, 11) is 0. The molecule has 0 fully saturated rings. The van der Waals surface area contributed by atoms with E-state index >= 15 is 0 Å². The summed E-state index contributed by atoms with van der Waals surface area (Å²) in [5.41, 5.74) is 12.0. The van der Waals surface area contributed by atoms with Crippen LogP contribution in [0.2, 0.25) is 0 Å². The third-order valence-corrected chi connectivity index (χ3v) is 5.52. The van der Waals surface area contributed by atoms with Crippen LogP contribution in [-0.4, -0.2) is 4.98 Å². The van der Waals surface area contributed by atoms with Gasteiger partial charge in [0, 0.05) is 10.9 Å². The van der Waals surface area contributed by atoms with Gasteiger partial charge < -0.3 is 0 Å². The van der Waals surface area contributed by atoms with Crippen LogP contribution in [0.5, 0.6) is 0 Å². The summed E-state index contributed by atoms with van der Waals surface area (Å²) in [5.74, 6) is 0. The van der Waals surface area contributed by atoms with E-state index in [2.05, 4.69) is 66.7 Å². The summed E-state index contributed by atoms with van der Waals surface area (Å²) in [4.78, 5) is 5.10. The van der Waals surface area contributed by atoms with E-state index in [9.17, 15) is 0 Å². The average Bonchev–Trinajstić information content (AvgIpc) is 2.99. The topological polar surface area (TPSA) is 12.9 Å². The molecule has 0 aliphatic heterocycles. The van der Waals surface area contributed by atoms with Crippen LogP contribution < -0.4 is 0 Å². The summed E-state index contributed by atoms with van der Waals surface area (Å²) < 4.78 is 0. The third-order valence-electron chi connectivity index (χ3n) is 5.52. The Morgan fingerprint density at radius 2 is 1.38 bits per heavy atom. The van der Waals surface area contributed by atoms with Gasteiger partial charge in [0.1, 0.15) is 0 Å². The van der Waals surface area contributed by atoms with Gasteiger partial charge in [0.2, 0.25) is 0 Å². The minimum absolute atomic E-state index is 1.08. The Kier molecular flexibility index (Phi) is 2.25. The molecule has 0 atom stereocenters. The SMILES string of the molecule is c1ccc2c(c1)CCc1c-2nc2cccc3c2c1-c1ccccc1-3. The van der Waals surface area contributed by atoms with Gasteiger partial charge in [-0.25, -0.2) is 4.98 Å². The van der Waals surface area contributed by atoms with Gasteiger partial charge in [-0.3, -0.25) is 0 Å². The summed E-state index contributed by atoms with van der Waals surface area (Å²) in [5, 5.41) is 1.34. The second kappa shape index (κ2) is 4.33. The monoisotopic (exact) mass is 305 g/mol. The van der Waals surface area contributed by atoms with Crippen LogP contribution in [0.1, 0.15) is 11.1 Å². The van der Waals surface area contributed by atoms with E-state index < -0.39 is 0 Å². The number of rotatable bonds is 0. The highest BCUT2D eigenvalue weighted by Crippen LogP contribution is 2.51. The second-order valence-electron chi connectivity index (χ2n) is 6.72. The van der Waals surface area contributed by atoms with Crippen molar-refractivity contribution in [3.63, 3.8) is 0 Å². The summed E-state index contributed by atoms with van der Waals surface area (Å²) in [6.45, 7) is 0. The van der Waals surface area contributed by atoms with Gasteiger partial charge in [-0.1, -0.05) is 60.7 Å². The molecule has 3 aromatic carbocycles. The number of hydrogen-bond donors (Lipinski definition) is 0. The molecule has 4 aromatic rings. The van der Waals surface area contributed by atoms with E-state index in [1.165, 1.54) is 50.0 Å². The van der Waals surface area contributed by atoms with Crippen LogP contribution >= 0.6 is 0 Å². The van der Waals surface area contributed by atoms with Gasteiger partial charge in [0.25, 0.3) is 0 Å². The second-order valence-corrected chi connectivity index (χ2v) is 6.72. The fourth-order valence-electron chi connectivity index (χ4n) is 4.51. The van der Waals surface area contributed by atoms with Crippen molar-refractivity contribution < 1.29 is 0 Å². The van der Waals surface area contributed by atoms with Gasteiger partial charge in [0.15, 0.2) is 0 Å². The Hall–Kier alpha value is -2.93. The zero-order valence-electron chi connectivity index (χ0n) is 13.2. The van der Waals surface area contributed by atoms with Crippen molar-refractivity contribution in [2.24, 2.45) is 0 Å². The molecular weight excluding hydrogens is 290 g/mol. The molecule has 1 heterocycles. The lowest BCUT2D eigenvalue weighted by molar-refractivity contribution is 0.935. The largest absolute Gasteiger partial charge is 0.247 e. The first-order valence-corrected chi connectivity index (χ1v) is 8.55. The Morgan fingerprint density at radius 1 is 0.625 bits per heavy atom. The zero-order valence-corrected chi connectivity index (χ0v) is 13.2. The zero-order chi connectivity index (χ0) is 15.7. The number of fused-ring (bicyclic) bond motifs is 7. The maximum Gasteiger partial charge on any atom is 0.0750 e. The molecule has 1 heteroatoms. The molecule has 2 aliphatic rings. The van der Waals surface area contributed by atoms with Crippen molar-refractivity contribution in [3.8, 4) is 33.5 Å².